The molecule has 2 unspecified atom stereocenters. The van der Waals surface area contributed by atoms with Gasteiger partial charge in [-0.25, -0.2) is 8.78 Å². The molecule has 3 rings (SSSR count). The lowest BCUT2D eigenvalue weighted by atomic mass is 9.95. The van der Waals surface area contributed by atoms with E-state index in [-0.39, 0.29) is 19.4 Å². The number of halogens is 2. The maximum Gasteiger partial charge on any atom is 0.308 e. The summed E-state index contributed by atoms with van der Waals surface area (Å²) >= 11 is 0. The molecular weight excluding hydrogens is 458 g/mol. The average Bonchev–Trinajstić information content (AvgIpc) is 3.24. The Morgan fingerprint density at radius 1 is 1.06 bits per heavy atom. The van der Waals surface area contributed by atoms with Gasteiger partial charge in [0.05, 0.1) is 30.9 Å². The zero-order chi connectivity index (χ0) is 25.4. The topological polar surface area (TPSA) is 110 Å². The maximum atomic E-state index is 13.7. The van der Waals surface area contributed by atoms with Crippen LogP contribution in [0.2, 0.25) is 0 Å². The highest BCUT2D eigenvalue weighted by molar-refractivity contribution is 5.96. The predicted molar refractivity (Wildman–Crippen MR) is 125 cm³/mol. The molecule has 2 aromatic carbocycles. The average molecular weight is 485 g/mol. The van der Waals surface area contributed by atoms with Gasteiger partial charge in [0.2, 0.25) is 0 Å². The van der Waals surface area contributed by atoms with Gasteiger partial charge in [0, 0.05) is 12.0 Å². The Labute approximate surface area is 201 Å². The van der Waals surface area contributed by atoms with Crippen LogP contribution in [0.1, 0.15) is 36.7 Å². The number of aryl methyl sites for hydroxylation is 1. The number of nitrogens with zero attached hydrogens (tertiary/aromatic N) is 4. The monoisotopic (exact) mass is 484 g/mol. The van der Waals surface area contributed by atoms with Crippen molar-refractivity contribution in [1.82, 2.24) is 20.2 Å². The molecular formula is C25H26F2N4O4. The number of benzene rings is 2. The van der Waals surface area contributed by atoms with Crippen LogP contribution < -0.4 is 0 Å². The van der Waals surface area contributed by atoms with Crippen molar-refractivity contribution in [3.05, 3.63) is 89.3 Å². The molecule has 1 aromatic heterocycles. The van der Waals surface area contributed by atoms with E-state index in [0.717, 1.165) is 0 Å². The van der Waals surface area contributed by atoms with Crippen LogP contribution >= 0.6 is 0 Å². The van der Waals surface area contributed by atoms with Gasteiger partial charge in [0.15, 0.2) is 5.82 Å². The van der Waals surface area contributed by atoms with E-state index in [4.69, 9.17) is 4.74 Å². The summed E-state index contributed by atoms with van der Waals surface area (Å²) < 4.78 is 33.5. The lowest BCUT2D eigenvalue weighted by molar-refractivity contribution is -0.145. The van der Waals surface area contributed by atoms with Crippen LogP contribution in [-0.4, -0.2) is 55.2 Å². The number of aliphatic hydroxyl groups is 2. The number of aliphatic hydroxyl groups excluding tert-OH is 2. The number of esters is 1. The van der Waals surface area contributed by atoms with Crippen molar-refractivity contribution in [2.24, 2.45) is 0 Å². The van der Waals surface area contributed by atoms with Crippen LogP contribution in [0.25, 0.3) is 11.3 Å². The molecule has 0 spiro atoms. The van der Waals surface area contributed by atoms with Crippen molar-refractivity contribution in [3.8, 4) is 0 Å². The normalized spacial score (nSPS) is 13.0. The quantitative estimate of drug-likeness (QED) is 0.336. The largest absolute Gasteiger partial charge is 0.466 e. The molecule has 0 saturated carbocycles. The molecule has 3 aromatic rings. The van der Waals surface area contributed by atoms with E-state index in [2.05, 4.69) is 15.5 Å². The fourth-order valence-corrected chi connectivity index (χ4v) is 3.46. The number of aromatic nitrogens is 4. The standard InChI is InChI=1S/C25H26F2N4O4/c1-3-35-24(34)15-22(33)14-21(32)12-13-23(31-16(2)28-29-30-31)25(17-4-8-19(26)9-5-17)18-6-10-20(27)11-7-18/h4-13,21-22,32-33H,3,14-15H2,1-2H3. The van der Waals surface area contributed by atoms with Crippen LogP contribution in [0.4, 0.5) is 8.78 Å². The van der Waals surface area contributed by atoms with Gasteiger partial charge in [-0.05, 0) is 65.7 Å². The zero-order valence-corrected chi connectivity index (χ0v) is 19.3. The first-order chi connectivity index (χ1) is 16.8. The molecule has 0 amide bonds. The molecule has 184 valence electrons. The van der Waals surface area contributed by atoms with Crippen LogP contribution in [0, 0.1) is 18.6 Å². The van der Waals surface area contributed by atoms with Crippen LogP contribution in [0.15, 0.2) is 60.7 Å². The molecule has 0 saturated heterocycles. The first-order valence-corrected chi connectivity index (χ1v) is 11.0. The van der Waals surface area contributed by atoms with E-state index in [1.165, 1.54) is 35.0 Å². The van der Waals surface area contributed by atoms with E-state index in [0.29, 0.717) is 28.2 Å². The minimum Gasteiger partial charge on any atom is -0.466 e. The second kappa shape index (κ2) is 12.1. The summed E-state index contributed by atoms with van der Waals surface area (Å²) in [6.45, 7) is 3.54. The van der Waals surface area contributed by atoms with E-state index in [1.54, 1.807) is 44.2 Å². The van der Waals surface area contributed by atoms with Crippen LogP contribution in [0.5, 0.6) is 0 Å². The molecule has 0 aliphatic rings. The third kappa shape index (κ3) is 7.11. The van der Waals surface area contributed by atoms with Crippen molar-refractivity contribution >= 4 is 17.2 Å². The van der Waals surface area contributed by atoms with Gasteiger partial charge in [-0.2, -0.15) is 4.68 Å². The summed E-state index contributed by atoms with van der Waals surface area (Å²) in [5.74, 6) is -0.970. The molecule has 0 fully saturated rings. The number of hydrogen-bond donors (Lipinski definition) is 2. The predicted octanol–water partition coefficient (Wildman–Crippen LogP) is 3.30. The second-order valence-electron chi connectivity index (χ2n) is 7.74. The SMILES string of the molecule is CCOC(=O)CC(O)CC(O)C=CC(=C(c1ccc(F)cc1)c1ccc(F)cc1)n1nnnc1C. The molecule has 2 N–H and O–H groups in total. The van der Waals surface area contributed by atoms with Gasteiger partial charge < -0.3 is 14.9 Å². The minimum absolute atomic E-state index is 0.111. The zero-order valence-electron chi connectivity index (χ0n) is 19.3. The van der Waals surface area contributed by atoms with Crippen LogP contribution in [0.3, 0.4) is 0 Å². The number of hydrogen-bond acceptors (Lipinski definition) is 7. The fourth-order valence-electron chi connectivity index (χ4n) is 3.46. The Morgan fingerprint density at radius 2 is 1.63 bits per heavy atom. The van der Waals surface area contributed by atoms with Crippen molar-refractivity contribution in [1.29, 1.82) is 0 Å². The van der Waals surface area contributed by atoms with Gasteiger partial charge in [0.1, 0.15) is 11.6 Å². The van der Waals surface area contributed by atoms with Crippen LogP contribution in [-0.2, 0) is 9.53 Å². The summed E-state index contributed by atoms with van der Waals surface area (Å²) in [7, 11) is 0. The van der Waals surface area contributed by atoms with E-state index >= 15 is 0 Å². The highest BCUT2D eigenvalue weighted by Gasteiger charge is 2.18. The molecule has 1 heterocycles. The first kappa shape index (κ1) is 25.9. The Balaban J connectivity index is 2.05. The van der Waals surface area contributed by atoms with Crippen molar-refractivity contribution in [2.75, 3.05) is 6.61 Å². The Bertz CT molecular complexity index is 1140. The minimum atomic E-state index is -1.12. The number of carbonyl (C=O) groups excluding carboxylic acids is 1. The van der Waals surface area contributed by atoms with E-state index in [1.807, 2.05) is 0 Å². The third-order valence-electron chi connectivity index (χ3n) is 5.07. The Hall–Kier alpha value is -3.76. The van der Waals surface area contributed by atoms with Crippen molar-refractivity contribution < 1.29 is 28.5 Å². The second-order valence-corrected chi connectivity index (χ2v) is 7.74. The molecule has 0 aliphatic carbocycles. The Morgan fingerprint density at radius 3 is 2.11 bits per heavy atom. The summed E-state index contributed by atoms with van der Waals surface area (Å²) in [4.78, 5) is 11.6. The highest BCUT2D eigenvalue weighted by atomic mass is 19.1. The number of allylic oxidation sites excluding steroid dienone is 2. The lowest BCUT2D eigenvalue weighted by Gasteiger charge is -2.16. The summed E-state index contributed by atoms with van der Waals surface area (Å²) in [6, 6.07) is 11.5. The van der Waals surface area contributed by atoms with Gasteiger partial charge in [-0.15, -0.1) is 5.10 Å². The molecule has 0 bridgehead atoms. The summed E-state index contributed by atoms with van der Waals surface area (Å²) in [5.41, 5.74) is 2.18. The highest BCUT2D eigenvalue weighted by Crippen LogP contribution is 2.31. The van der Waals surface area contributed by atoms with Gasteiger partial charge in [0.25, 0.3) is 0 Å². The molecule has 10 heteroatoms. The smallest absolute Gasteiger partial charge is 0.308 e. The van der Waals surface area contributed by atoms with E-state index in [9.17, 15) is 23.8 Å². The van der Waals surface area contributed by atoms with Gasteiger partial charge in [-0.1, -0.05) is 30.3 Å². The summed E-state index contributed by atoms with van der Waals surface area (Å²) in [5, 5.41) is 32.2. The van der Waals surface area contributed by atoms with E-state index < -0.39 is 29.8 Å². The third-order valence-corrected chi connectivity index (χ3v) is 5.07. The molecule has 0 aliphatic heterocycles. The molecule has 2 atom stereocenters. The molecule has 35 heavy (non-hydrogen) atoms. The number of ether oxygens (including phenoxy) is 1. The van der Waals surface area contributed by atoms with Gasteiger partial charge >= 0.3 is 5.97 Å². The summed E-state index contributed by atoms with van der Waals surface area (Å²) in [6.07, 6.45) is 0.410. The Kier molecular flexibility index (Phi) is 8.93. The van der Waals surface area contributed by atoms with Crippen molar-refractivity contribution in [3.63, 3.8) is 0 Å². The lowest BCUT2D eigenvalue weighted by Crippen LogP contribution is -2.20. The number of rotatable bonds is 10. The maximum absolute atomic E-state index is 13.7. The number of carbonyl (C=O) groups is 1. The fraction of sp³-hybridized carbons (Fsp3) is 0.280. The molecule has 8 nitrogen and oxygen atoms in total. The number of tetrazole rings is 1. The van der Waals surface area contributed by atoms with Crippen molar-refractivity contribution in [2.45, 2.75) is 38.9 Å². The van der Waals surface area contributed by atoms with Gasteiger partial charge in [-0.3, -0.25) is 4.79 Å². The first-order valence-electron chi connectivity index (χ1n) is 11.0. The molecule has 0 radical (unpaired) electrons.